The first kappa shape index (κ1) is 33.0. The third kappa shape index (κ3) is 6.02. The topological polar surface area (TPSA) is 204 Å². The zero-order valence-corrected chi connectivity index (χ0v) is 26.7. The van der Waals surface area contributed by atoms with Crippen LogP contribution >= 0.6 is 0 Å². The van der Waals surface area contributed by atoms with Crippen LogP contribution in [0, 0.1) is 5.92 Å². The van der Waals surface area contributed by atoms with E-state index in [0.717, 1.165) is 24.2 Å². The molecule has 2 bridgehead atoms. The van der Waals surface area contributed by atoms with Crippen molar-refractivity contribution >= 4 is 23.9 Å². The Morgan fingerprint density at radius 1 is 1.23 bits per heavy atom. The van der Waals surface area contributed by atoms with Gasteiger partial charge in [0.2, 0.25) is 11.8 Å². The van der Waals surface area contributed by atoms with Gasteiger partial charge in [-0.3, -0.25) is 19.3 Å². The summed E-state index contributed by atoms with van der Waals surface area (Å²) in [5, 5.41) is 37.4. The fraction of sp³-hybridized carbons (Fsp3) is 0.636. The lowest BCUT2D eigenvalue weighted by Crippen LogP contribution is -2.75. The van der Waals surface area contributed by atoms with Crippen LogP contribution in [0.25, 0.3) is 0 Å². The van der Waals surface area contributed by atoms with E-state index in [1.54, 1.807) is 12.1 Å². The number of amides is 3. The first-order valence-corrected chi connectivity index (χ1v) is 16.6. The molecular formula is C33H45N5O9. The second-order valence-electron chi connectivity index (χ2n) is 13.6. The molecule has 0 aromatic heterocycles. The van der Waals surface area contributed by atoms with E-state index in [-0.39, 0.29) is 43.5 Å². The van der Waals surface area contributed by atoms with E-state index in [9.17, 15) is 29.4 Å². The molecule has 3 aliphatic carbocycles. The number of carbonyl (C=O) groups excluding carboxylic acids is 3. The fourth-order valence-electron chi connectivity index (χ4n) is 8.05. The summed E-state index contributed by atoms with van der Waals surface area (Å²) in [6.07, 6.45) is 4.94. The summed E-state index contributed by atoms with van der Waals surface area (Å²) in [6.45, 7) is 2.27. The van der Waals surface area contributed by atoms with Crippen molar-refractivity contribution in [2.24, 2.45) is 11.7 Å². The lowest BCUT2D eigenvalue weighted by molar-refractivity contribution is -0.169. The zero-order valence-electron chi connectivity index (χ0n) is 26.7. The molecule has 2 fully saturated rings. The molecule has 0 unspecified atom stereocenters. The number of carbonyl (C=O) groups is 4. The third-order valence-corrected chi connectivity index (χ3v) is 10.6. The number of carboxylic acid groups (broad SMARTS) is 1. The lowest BCUT2D eigenvalue weighted by Gasteiger charge is -2.62. The molecule has 14 heteroatoms. The van der Waals surface area contributed by atoms with Crippen molar-refractivity contribution in [2.45, 2.75) is 87.0 Å². The Balaban J connectivity index is 1.12. The van der Waals surface area contributed by atoms with Gasteiger partial charge in [-0.05, 0) is 81.7 Å². The van der Waals surface area contributed by atoms with Gasteiger partial charge in [0.15, 0.2) is 17.6 Å². The Morgan fingerprint density at radius 2 is 2.02 bits per heavy atom. The van der Waals surface area contributed by atoms with E-state index < -0.39 is 53.5 Å². The number of nitrogens with one attached hydrogen (secondary N) is 2. The molecule has 7 N–H and O–H groups in total. The van der Waals surface area contributed by atoms with Gasteiger partial charge in [0.1, 0.15) is 18.2 Å². The van der Waals surface area contributed by atoms with Crippen LogP contribution < -0.4 is 21.1 Å². The lowest BCUT2D eigenvalue weighted by atomic mass is 9.50. The number of hydrogen-bond donors (Lipinski definition) is 6. The highest BCUT2D eigenvalue weighted by Gasteiger charge is 2.72. The van der Waals surface area contributed by atoms with Crippen molar-refractivity contribution in [1.29, 1.82) is 0 Å². The van der Waals surface area contributed by atoms with Crippen LogP contribution in [-0.4, -0.2) is 113 Å². The van der Waals surface area contributed by atoms with Gasteiger partial charge in [-0.2, -0.15) is 0 Å². The number of rotatable bonds is 14. The number of likely N-dealkylation sites (tertiary alicyclic amines) is 1. The van der Waals surface area contributed by atoms with Crippen LogP contribution in [0.1, 0.15) is 62.5 Å². The Kier molecular flexibility index (Phi) is 9.11. The number of benzene rings is 1. The van der Waals surface area contributed by atoms with Crippen LogP contribution in [0.3, 0.4) is 0 Å². The Hall–Kier alpha value is -3.88. The molecule has 2 heterocycles. The summed E-state index contributed by atoms with van der Waals surface area (Å²) in [7, 11) is 1.53. The number of nitrogens with zero attached hydrogens (tertiary/aromatic N) is 2. The second-order valence-corrected chi connectivity index (χ2v) is 13.6. The molecule has 14 nitrogen and oxygen atoms in total. The second kappa shape index (κ2) is 13.0. The largest absolute Gasteiger partial charge is 0.504 e. The number of unbranched alkanes of at least 4 members (excludes halogenated alkanes) is 1. The number of piperidine rings is 1. The van der Waals surface area contributed by atoms with E-state index >= 15 is 0 Å². The van der Waals surface area contributed by atoms with Crippen molar-refractivity contribution in [2.75, 3.05) is 39.8 Å². The summed E-state index contributed by atoms with van der Waals surface area (Å²) < 4.78 is 12.3. The van der Waals surface area contributed by atoms with Gasteiger partial charge < -0.3 is 46.1 Å². The van der Waals surface area contributed by atoms with Crippen molar-refractivity contribution < 1.29 is 44.0 Å². The molecule has 1 spiro atoms. The van der Waals surface area contributed by atoms with Gasteiger partial charge in [-0.25, -0.2) is 4.79 Å². The molecule has 5 aliphatic rings. The van der Waals surface area contributed by atoms with Crippen molar-refractivity contribution in [1.82, 2.24) is 20.4 Å². The van der Waals surface area contributed by atoms with Crippen LogP contribution in [0.2, 0.25) is 0 Å². The molecular weight excluding hydrogens is 610 g/mol. The fourth-order valence-corrected chi connectivity index (χ4v) is 8.05. The maximum absolute atomic E-state index is 13.3. The number of ether oxygens (including phenoxy) is 2. The number of aliphatic hydroxyl groups is 1. The summed E-state index contributed by atoms with van der Waals surface area (Å²) in [5.41, 5.74) is 5.36. The van der Waals surface area contributed by atoms with Crippen molar-refractivity contribution in [3.8, 4) is 11.5 Å². The van der Waals surface area contributed by atoms with Gasteiger partial charge >= 0.3 is 12.1 Å². The van der Waals surface area contributed by atoms with Crippen molar-refractivity contribution in [3.05, 3.63) is 35.1 Å². The highest BCUT2D eigenvalue weighted by atomic mass is 16.6. The predicted molar refractivity (Wildman–Crippen MR) is 167 cm³/mol. The summed E-state index contributed by atoms with van der Waals surface area (Å²) in [5.74, 6) is -1.28. The van der Waals surface area contributed by atoms with Gasteiger partial charge in [0.05, 0.1) is 11.0 Å². The summed E-state index contributed by atoms with van der Waals surface area (Å²) in [6, 6.07) is 2.49. The number of carboxylic acids is 1. The predicted octanol–water partition coefficient (Wildman–Crippen LogP) is 0.723. The number of aromatic hydroxyl groups is 1. The van der Waals surface area contributed by atoms with Crippen LogP contribution in [0.4, 0.5) is 4.79 Å². The number of aliphatic carboxylic acids is 1. The molecule has 3 amide bonds. The molecule has 47 heavy (non-hydrogen) atoms. The quantitative estimate of drug-likeness (QED) is 0.122. The Morgan fingerprint density at radius 3 is 2.74 bits per heavy atom. The molecule has 1 aromatic rings. The monoisotopic (exact) mass is 655 g/mol. The van der Waals surface area contributed by atoms with Crippen LogP contribution in [-0.2, 0) is 31.0 Å². The number of likely N-dealkylation sites (N-methyl/N-ethyl adjacent to an activating group) is 1. The standard InChI is InChI=1S/C33H45N5O9/c1-37(15-13-35-30(43)21(4-2-3-12-34)36-25(40)17-26(41)42)31(44)46-23-9-10-33(45)24-16-20-7-8-22(39)28-27(20)32(33,29(23)47-28)11-14-38(24)18-19-5-6-19/h7-9,19,21,24,29,39,45H,2-6,10-18,34H2,1H3,(H,35,43)(H,36,40)(H,41,42)/t21-,24-,29+,32+,33-/m1/s1. The first-order valence-electron chi connectivity index (χ1n) is 16.6. The van der Waals surface area contributed by atoms with E-state index in [1.807, 2.05) is 6.07 Å². The Labute approximate surface area is 273 Å². The minimum Gasteiger partial charge on any atom is -0.504 e. The highest BCUT2D eigenvalue weighted by Crippen LogP contribution is 2.65. The normalized spacial score (nSPS) is 27.5. The molecule has 6 rings (SSSR count). The van der Waals surface area contributed by atoms with E-state index in [1.165, 1.54) is 24.8 Å². The van der Waals surface area contributed by atoms with Gasteiger partial charge in [0, 0.05) is 44.7 Å². The van der Waals surface area contributed by atoms with Gasteiger partial charge in [0.25, 0.3) is 0 Å². The average Bonchev–Trinajstić information content (AvgIpc) is 3.76. The maximum Gasteiger partial charge on any atom is 0.414 e. The maximum atomic E-state index is 13.3. The SMILES string of the molecule is CN(CCNC(=O)[C@@H](CCCCN)NC(=O)CC(=O)O)C(=O)OC1=CC[C@@]2(O)[C@H]3Cc4ccc(O)c5c4[C@@]2(CCN3CC2CC2)[C@H]1O5. The third-order valence-electron chi connectivity index (χ3n) is 10.6. The average molecular weight is 656 g/mol. The molecule has 2 aliphatic heterocycles. The first-order chi connectivity index (χ1) is 22.5. The molecule has 5 atom stereocenters. The summed E-state index contributed by atoms with van der Waals surface area (Å²) in [4.78, 5) is 52.8. The molecule has 1 saturated carbocycles. The van der Waals surface area contributed by atoms with Crippen LogP contribution in [0.5, 0.6) is 11.5 Å². The Bertz CT molecular complexity index is 1460. The number of phenolic OH excluding ortho intramolecular Hbond substituents is 1. The molecule has 256 valence electrons. The van der Waals surface area contributed by atoms with Gasteiger partial charge in [-0.15, -0.1) is 0 Å². The minimum absolute atomic E-state index is 0.00671. The molecule has 1 saturated heterocycles. The van der Waals surface area contributed by atoms with E-state index in [0.29, 0.717) is 43.9 Å². The number of phenols is 1. The number of nitrogens with two attached hydrogens (primary N) is 1. The van der Waals surface area contributed by atoms with E-state index in [2.05, 4.69) is 15.5 Å². The highest BCUT2D eigenvalue weighted by molar-refractivity contribution is 5.96. The number of hydrogen-bond acceptors (Lipinski definition) is 10. The molecule has 0 radical (unpaired) electrons. The smallest absolute Gasteiger partial charge is 0.414 e. The van der Waals surface area contributed by atoms with Crippen LogP contribution in [0.15, 0.2) is 24.0 Å². The van der Waals surface area contributed by atoms with Gasteiger partial charge in [-0.1, -0.05) is 6.07 Å². The van der Waals surface area contributed by atoms with Crippen molar-refractivity contribution in [3.63, 3.8) is 0 Å². The summed E-state index contributed by atoms with van der Waals surface area (Å²) >= 11 is 0. The zero-order chi connectivity index (χ0) is 33.5. The van der Waals surface area contributed by atoms with E-state index in [4.69, 9.17) is 20.3 Å². The molecule has 1 aromatic carbocycles. The minimum atomic E-state index is -1.30.